The summed E-state index contributed by atoms with van der Waals surface area (Å²) in [5, 5.41) is 8.52. The van der Waals surface area contributed by atoms with Gasteiger partial charge in [-0.15, -0.1) is 11.3 Å². The van der Waals surface area contributed by atoms with Gasteiger partial charge in [0.2, 0.25) is 5.71 Å². The van der Waals surface area contributed by atoms with E-state index in [1.165, 1.54) is 53.1 Å². The van der Waals surface area contributed by atoms with Crippen molar-refractivity contribution in [3.05, 3.63) is 206 Å². The molecule has 3 aromatic heterocycles. The lowest BCUT2D eigenvalue weighted by atomic mass is 10.0. The number of thiophene rings is 1. The van der Waals surface area contributed by atoms with Crippen LogP contribution in [0.1, 0.15) is 0 Å². The number of fused-ring (bicyclic) bond motifs is 9. The first-order chi connectivity index (χ1) is 28.7. The van der Waals surface area contributed by atoms with Gasteiger partial charge in [0.15, 0.2) is 0 Å². The van der Waals surface area contributed by atoms with E-state index in [2.05, 4.69) is 216 Å². The monoisotopic (exact) mass is 758 g/mol. The largest absolute Gasteiger partial charge is 0.439 e. The zero-order valence-corrected chi connectivity index (χ0v) is 32.2. The minimum absolute atomic E-state index is 0.868. The van der Waals surface area contributed by atoms with Gasteiger partial charge < -0.3 is 9.32 Å². The molecule has 0 aliphatic rings. The third kappa shape index (κ3) is 5.19. The predicted molar refractivity (Wildman–Crippen MR) is 247 cm³/mol. The van der Waals surface area contributed by atoms with Gasteiger partial charge in [0.25, 0.3) is 0 Å². The van der Waals surface area contributed by atoms with E-state index in [-0.39, 0.29) is 0 Å². The number of furan rings is 1. The van der Waals surface area contributed by atoms with Crippen LogP contribution in [0.25, 0.3) is 91.9 Å². The summed E-state index contributed by atoms with van der Waals surface area (Å²) in [4.78, 5) is 2.41. The smallest absolute Gasteiger partial charge is 0.213 e. The van der Waals surface area contributed by atoms with Crippen LogP contribution in [0.5, 0.6) is 0 Å². The van der Waals surface area contributed by atoms with Crippen molar-refractivity contribution in [2.45, 2.75) is 0 Å². The summed E-state index contributed by atoms with van der Waals surface area (Å²) < 4.78 is 11.4. The highest BCUT2D eigenvalue weighted by molar-refractivity contribution is 7.26. The van der Waals surface area contributed by atoms with Gasteiger partial charge in [0, 0.05) is 43.3 Å². The van der Waals surface area contributed by atoms with E-state index in [0.717, 1.165) is 55.8 Å². The van der Waals surface area contributed by atoms with Gasteiger partial charge in [-0.3, -0.25) is 4.57 Å². The molecule has 9 aromatic carbocycles. The summed E-state index contributed by atoms with van der Waals surface area (Å²) in [6.45, 7) is 0. The van der Waals surface area contributed by atoms with Crippen LogP contribution in [0.4, 0.5) is 17.1 Å². The molecule has 0 spiro atoms. The molecule has 0 unspecified atom stereocenters. The summed E-state index contributed by atoms with van der Waals surface area (Å²) in [6, 6.07) is 74.4. The topological polar surface area (TPSA) is 21.3 Å². The summed E-state index contributed by atoms with van der Waals surface area (Å²) >= 11 is 1.86. The Kier molecular flexibility index (Phi) is 7.40. The van der Waals surface area contributed by atoms with Gasteiger partial charge in [-0.25, -0.2) is 0 Å². The summed E-state index contributed by atoms with van der Waals surface area (Å²) in [5.41, 5.74) is 12.1. The first kappa shape index (κ1) is 32.8. The Balaban J connectivity index is 0.974. The van der Waals surface area contributed by atoms with Crippen molar-refractivity contribution in [1.82, 2.24) is 4.57 Å². The number of aromatic nitrogens is 1. The van der Waals surface area contributed by atoms with Gasteiger partial charge in [0.1, 0.15) is 5.58 Å². The van der Waals surface area contributed by atoms with Crippen LogP contribution in [-0.4, -0.2) is 4.57 Å². The lowest BCUT2D eigenvalue weighted by Gasteiger charge is -2.26. The van der Waals surface area contributed by atoms with Crippen molar-refractivity contribution in [2.75, 3.05) is 4.90 Å². The van der Waals surface area contributed by atoms with Crippen LogP contribution in [0.3, 0.4) is 0 Å². The van der Waals surface area contributed by atoms with E-state index in [1.54, 1.807) is 0 Å². The number of para-hydroxylation sites is 2. The van der Waals surface area contributed by atoms with E-state index in [0.29, 0.717) is 0 Å². The van der Waals surface area contributed by atoms with Crippen molar-refractivity contribution in [3.63, 3.8) is 0 Å². The second-order valence-corrected chi connectivity index (χ2v) is 16.0. The van der Waals surface area contributed by atoms with Crippen molar-refractivity contribution in [1.29, 1.82) is 0 Å². The molecule has 12 rings (SSSR count). The van der Waals surface area contributed by atoms with E-state index < -0.39 is 0 Å². The Bertz CT molecular complexity index is 3500. The fourth-order valence-corrected chi connectivity index (χ4v) is 10.0. The Morgan fingerprint density at radius 3 is 1.84 bits per heavy atom. The van der Waals surface area contributed by atoms with Crippen LogP contribution < -0.4 is 4.90 Å². The average molecular weight is 759 g/mol. The van der Waals surface area contributed by atoms with E-state index in [1.807, 2.05) is 11.3 Å². The number of nitrogens with zero attached hydrogens (tertiary/aromatic N) is 2. The second kappa shape index (κ2) is 13.1. The first-order valence-electron chi connectivity index (χ1n) is 19.7. The molecule has 0 saturated heterocycles. The molecule has 0 atom stereocenters. The summed E-state index contributed by atoms with van der Waals surface area (Å²) in [6.07, 6.45) is 0. The van der Waals surface area contributed by atoms with Crippen LogP contribution in [0.15, 0.2) is 211 Å². The van der Waals surface area contributed by atoms with Crippen LogP contribution in [0, 0.1) is 0 Å². The number of hydrogen-bond donors (Lipinski definition) is 0. The minimum atomic E-state index is 0.868. The normalized spacial score (nSPS) is 11.8. The Labute approximate surface area is 338 Å². The fourth-order valence-electron chi connectivity index (χ4n) is 8.82. The zero-order valence-electron chi connectivity index (χ0n) is 31.3. The van der Waals surface area contributed by atoms with Crippen LogP contribution in [0.2, 0.25) is 0 Å². The molecule has 3 nitrogen and oxygen atoms in total. The highest BCUT2D eigenvalue weighted by atomic mass is 32.1. The molecule has 0 saturated carbocycles. The Morgan fingerprint density at radius 1 is 0.431 bits per heavy atom. The lowest BCUT2D eigenvalue weighted by molar-refractivity contribution is 0.645. The standard InChI is InChI=1S/C54H34N2OS/c1-2-13-41(14-3-1)56-48-18-8-6-16-46(48)52-47-34-40(27-32-50(47)57-54(52)56)37-25-30-43(31-26-37)55(49-19-10-17-45-44-15-7-9-20-51(44)58-53(45)49)42-28-23-36(24-29-42)39-22-21-35-11-4-5-12-38(35)33-39/h1-34H. The quantitative estimate of drug-likeness (QED) is 0.168. The summed E-state index contributed by atoms with van der Waals surface area (Å²) in [5.74, 6) is 0. The number of rotatable bonds is 6. The molecule has 0 fully saturated rings. The molecule has 0 radical (unpaired) electrons. The molecular formula is C54H34N2OS. The number of hydrogen-bond acceptors (Lipinski definition) is 3. The molecule has 0 aliphatic heterocycles. The third-order valence-corrected chi connectivity index (χ3v) is 12.8. The highest BCUT2D eigenvalue weighted by Gasteiger charge is 2.21. The SMILES string of the molecule is c1ccc(-n2c3ccccc3c3c4cc(-c5ccc(N(c6ccc(-c7ccc8ccccc8c7)cc6)c6cccc7c6sc6ccccc67)cc5)ccc4oc32)cc1. The average Bonchev–Trinajstić information content (AvgIpc) is 3.96. The maximum Gasteiger partial charge on any atom is 0.213 e. The molecule has 0 N–H and O–H groups in total. The molecule has 0 bridgehead atoms. The van der Waals surface area contributed by atoms with E-state index >= 15 is 0 Å². The second-order valence-electron chi connectivity index (χ2n) is 14.9. The van der Waals surface area contributed by atoms with Crippen LogP contribution >= 0.6 is 11.3 Å². The van der Waals surface area contributed by atoms with Gasteiger partial charge in [0.05, 0.1) is 21.3 Å². The van der Waals surface area contributed by atoms with E-state index in [4.69, 9.17) is 4.42 Å². The van der Waals surface area contributed by atoms with Gasteiger partial charge >= 0.3 is 0 Å². The molecule has 58 heavy (non-hydrogen) atoms. The van der Waals surface area contributed by atoms with Crippen molar-refractivity contribution < 1.29 is 4.42 Å². The van der Waals surface area contributed by atoms with Crippen molar-refractivity contribution in [2.24, 2.45) is 0 Å². The highest BCUT2D eigenvalue weighted by Crippen LogP contribution is 2.46. The van der Waals surface area contributed by atoms with Crippen molar-refractivity contribution in [3.8, 4) is 27.9 Å². The predicted octanol–water partition coefficient (Wildman–Crippen LogP) is 15.9. The number of anilines is 3. The zero-order chi connectivity index (χ0) is 38.2. The molecule has 272 valence electrons. The molecule has 0 aliphatic carbocycles. The molecule has 0 amide bonds. The first-order valence-corrected chi connectivity index (χ1v) is 20.5. The lowest BCUT2D eigenvalue weighted by Crippen LogP contribution is -2.10. The molecule has 3 heterocycles. The molecule has 4 heteroatoms. The number of benzene rings is 9. The van der Waals surface area contributed by atoms with Gasteiger partial charge in [-0.05, 0) is 106 Å². The maximum absolute atomic E-state index is 6.63. The van der Waals surface area contributed by atoms with Gasteiger partial charge in [-0.1, -0.05) is 133 Å². The molecular weight excluding hydrogens is 725 g/mol. The Morgan fingerprint density at radius 2 is 1.05 bits per heavy atom. The van der Waals surface area contributed by atoms with Gasteiger partial charge in [-0.2, -0.15) is 0 Å². The van der Waals surface area contributed by atoms with Crippen LogP contribution in [-0.2, 0) is 0 Å². The minimum Gasteiger partial charge on any atom is -0.439 e. The third-order valence-electron chi connectivity index (χ3n) is 11.6. The Hall–Kier alpha value is -7.40. The molecule has 12 aromatic rings. The fraction of sp³-hybridized carbons (Fsp3) is 0. The maximum atomic E-state index is 6.63. The summed E-state index contributed by atoms with van der Waals surface area (Å²) in [7, 11) is 0. The van der Waals surface area contributed by atoms with E-state index in [9.17, 15) is 0 Å². The van der Waals surface area contributed by atoms with Crippen molar-refractivity contribution >= 4 is 92.3 Å².